The summed E-state index contributed by atoms with van der Waals surface area (Å²) < 4.78 is 56.4. The number of carbonyl (C=O) groups excluding carboxylic acids is 1. The van der Waals surface area contributed by atoms with Crippen LogP contribution in [0.15, 0.2) is 82.6 Å². The van der Waals surface area contributed by atoms with Crippen LogP contribution in [0.4, 0.5) is 17.3 Å². The minimum absolute atomic E-state index is 0.0406. The molecule has 0 radical (unpaired) electrons. The maximum absolute atomic E-state index is 13.7. The number of aryl methyl sites for hydroxylation is 5. The minimum atomic E-state index is -4.08. The molecule has 0 bridgehead atoms. The number of rotatable bonds is 9. The van der Waals surface area contributed by atoms with Crippen molar-refractivity contribution in [2.24, 2.45) is 0 Å². The van der Waals surface area contributed by atoms with Gasteiger partial charge in [-0.1, -0.05) is 35.4 Å². The van der Waals surface area contributed by atoms with Gasteiger partial charge in [0.05, 0.1) is 15.5 Å². The summed E-state index contributed by atoms with van der Waals surface area (Å²) in [5.74, 6) is -0.640. The highest BCUT2D eigenvalue weighted by Crippen LogP contribution is 2.28. The molecule has 4 aromatic rings. The zero-order chi connectivity index (χ0) is 29.9. The summed E-state index contributed by atoms with van der Waals surface area (Å²) in [7, 11) is -8.07. The van der Waals surface area contributed by atoms with Gasteiger partial charge < -0.3 is 5.32 Å². The molecule has 0 aliphatic rings. The van der Waals surface area contributed by atoms with Gasteiger partial charge >= 0.3 is 0 Å². The summed E-state index contributed by atoms with van der Waals surface area (Å²) in [4.78, 5) is 21.3. The van der Waals surface area contributed by atoms with Gasteiger partial charge in [0, 0.05) is 17.1 Å². The van der Waals surface area contributed by atoms with E-state index in [1.807, 2.05) is 19.9 Å². The van der Waals surface area contributed by atoms with Crippen molar-refractivity contribution in [2.45, 2.75) is 44.4 Å². The van der Waals surface area contributed by atoms with Gasteiger partial charge in [-0.25, -0.2) is 31.5 Å². The fourth-order valence-corrected chi connectivity index (χ4v) is 6.65. The number of nitrogens with zero attached hydrogens (tertiary/aromatic N) is 3. The highest BCUT2D eigenvalue weighted by Gasteiger charge is 2.28. The monoisotopic (exact) mass is 593 g/mol. The summed E-state index contributed by atoms with van der Waals surface area (Å²) >= 11 is 0. The van der Waals surface area contributed by atoms with E-state index in [4.69, 9.17) is 0 Å². The molecule has 3 aromatic carbocycles. The second kappa shape index (κ2) is 11.7. The fraction of sp³-hybridized carbons (Fsp3) is 0.207. The van der Waals surface area contributed by atoms with Crippen LogP contribution in [0.25, 0.3) is 0 Å². The summed E-state index contributed by atoms with van der Waals surface area (Å²) in [6.45, 7) is 8.51. The highest BCUT2D eigenvalue weighted by atomic mass is 32.2. The second-order valence-electron chi connectivity index (χ2n) is 9.77. The average molecular weight is 594 g/mol. The molecule has 41 heavy (non-hydrogen) atoms. The van der Waals surface area contributed by atoms with Gasteiger partial charge in [-0.05, 0) is 88.7 Å². The van der Waals surface area contributed by atoms with Crippen molar-refractivity contribution in [1.29, 1.82) is 0 Å². The number of anilines is 3. The molecule has 12 heteroatoms. The first-order chi connectivity index (χ1) is 19.2. The highest BCUT2D eigenvalue weighted by molar-refractivity contribution is 7.93. The van der Waals surface area contributed by atoms with Crippen molar-refractivity contribution in [2.75, 3.05) is 20.9 Å². The Morgan fingerprint density at radius 2 is 1.29 bits per heavy atom. The standard InChI is InChI=1S/C29H31N5O5S2/c1-19-6-11-26(12-7-19)41(38,39)34(27-15-8-20(2)16-21(27)3)18-28(35)32-24-9-13-25(14-10-24)40(36,37)33-29-30-22(4)17-23(5)31-29/h6-17H,18H2,1-5H3,(H,32,35)(H,30,31,33). The first kappa shape index (κ1) is 29.7. The molecule has 4 rings (SSSR count). The summed E-state index contributed by atoms with van der Waals surface area (Å²) in [6.07, 6.45) is 0. The molecule has 1 heterocycles. The predicted octanol–water partition coefficient (Wildman–Crippen LogP) is 4.65. The maximum Gasteiger partial charge on any atom is 0.264 e. The number of nitrogens with one attached hydrogen (secondary N) is 2. The van der Waals surface area contributed by atoms with E-state index in [1.165, 1.54) is 36.4 Å². The van der Waals surface area contributed by atoms with E-state index >= 15 is 0 Å². The molecule has 0 aliphatic carbocycles. The molecular formula is C29H31N5O5S2. The van der Waals surface area contributed by atoms with Crippen molar-refractivity contribution in [3.63, 3.8) is 0 Å². The molecule has 0 unspecified atom stereocenters. The minimum Gasteiger partial charge on any atom is -0.325 e. The van der Waals surface area contributed by atoms with E-state index in [-0.39, 0.29) is 15.7 Å². The van der Waals surface area contributed by atoms with Crippen LogP contribution in [0.2, 0.25) is 0 Å². The van der Waals surface area contributed by atoms with Crippen molar-refractivity contribution < 1.29 is 21.6 Å². The quantitative estimate of drug-likeness (QED) is 0.288. The van der Waals surface area contributed by atoms with Gasteiger partial charge in [0.2, 0.25) is 11.9 Å². The fourth-order valence-electron chi connectivity index (χ4n) is 4.22. The number of carbonyl (C=O) groups is 1. The molecule has 0 saturated heterocycles. The lowest BCUT2D eigenvalue weighted by Crippen LogP contribution is -2.38. The van der Waals surface area contributed by atoms with Crippen LogP contribution >= 0.6 is 0 Å². The van der Waals surface area contributed by atoms with Crippen LogP contribution in [-0.2, 0) is 24.8 Å². The van der Waals surface area contributed by atoms with Crippen LogP contribution in [0, 0.1) is 34.6 Å². The maximum atomic E-state index is 13.7. The van der Waals surface area contributed by atoms with Crippen molar-refractivity contribution in [3.05, 3.63) is 101 Å². The normalized spacial score (nSPS) is 11.6. The molecule has 0 atom stereocenters. The van der Waals surface area contributed by atoms with E-state index in [1.54, 1.807) is 51.1 Å². The Balaban J connectivity index is 1.55. The van der Waals surface area contributed by atoms with Gasteiger partial charge in [0.25, 0.3) is 20.0 Å². The first-order valence-electron chi connectivity index (χ1n) is 12.7. The largest absolute Gasteiger partial charge is 0.325 e. The average Bonchev–Trinajstić information content (AvgIpc) is 2.87. The first-order valence-corrected chi connectivity index (χ1v) is 15.6. The van der Waals surface area contributed by atoms with E-state index in [0.717, 1.165) is 15.4 Å². The van der Waals surface area contributed by atoms with E-state index in [0.29, 0.717) is 28.3 Å². The molecule has 1 aromatic heterocycles. The number of aromatic nitrogens is 2. The number of sulfonamides is 2. The van der Waals surface area contributed by atoms with Gasteiger partial charge in [0.15, 0.2) is 0 Å². The van der Waals surface area contributed by atoms with Crippen LogP contribution in [0.1, 0.15) is 28.1 Å². The third kappa shape index (κ3) is 7.08. The molecule has 2 N–H and O–H groups in total. The number of amides is 1. The predicted molar refractivity (Wildman–Crippen MR) is 159 cm³/mol. The smallest absolute Gasteiger partial charge is 0.264 e. The van der Waals surface area contributed by atoms with Crippen LogP contribution in [0.5, 0.6) is 0 Å². The van der Waals surface area contributed by atoms with E-state index in [2.05, 4.69) is 20.0 Å². The number of hydrogen-bond acceptors (Lipinski definition) is 7. The van der Waals surface area contributed by atoms with Crippen molar-refractivity contribution >= 4 is 43.3 Å². The Kier molecular flexibility index (Phi) is 8.45. The molecule has 0 aliphatic heterocycles. The molecular weight excluding hydrogens is 562 g/mol. The van der Waals surface area contributed by atoms with Gasteiger partial charge in [0.1, 0.15) is 6.54 Å². The zero-order valence-corrected chi connectivity index (χ0v) is 25.0. The Morgan fingerprint density at radius 3 is 1.88 bits per heavy atom. The molecule has 1 amide bonds. The molecule has 0 fully saturated rings. The lowest BCUT2D eigenvalue weighted by atomic mass is 10.1. The SMILES string of the molecule is Cc1ccc(S(=O)(=O)N(CC(=O)Nc2ccc(S(=O)(=O)Nc3nc(C)cc(C)n3)cc2)c2ccc(C)cc2C)cc1. The number of hydrogen-bond donors (Lipinski definition) is 2. The van der Waals surface area contributed by atoms with E-state index < -0.39 is 32.5 Å². The third-order valence-corrected chi connectivity index (χ3v) is 9.29. The molecule has 0 spiro atoms. The Labute approximate surface area is 240 Å². The lowest BCUT2D eigenvalue weighted by molar-refractivity contribution is -0.114. The van der Waals surface area contributed by atoms with Crippen LogP contribution < -0.4 is 14.3 Å². The topological polar surface area (TPSA) is 138 Å². The van der Waals surface area contributed by atoms with Crippen molar-refractivity contribution in [1.82, 2.24) is 9.97 Å². The van der Waals surface area contributed by atoms with Crippen LogP contribution in [0.3, 0.4) is 0 Å². The zero-order valence-electron chi connectivity index (χ0n) is 23.3. The molecule has 10 nitrogen and oxygen atoms in total. The summed E-state index contributed by atoms with van der Waals surface area (Å²) in [5.41, 5.74) is 4.47. The van der Waals surface area contributed by atoms with Crippen molar-refractivity contribution in [3.8, 4) is 0 Å². The summed E-state index contributed by atoms with van der Waals surface area (Å²) in [5, 5.41) is 2.66. The molecule has 214 valence electrons. The second-order valence-corrected chi connectivity index (χ2v) is 13.3. The van der Waals surface area contributed by atoms with Crippen LogP contribution in [-0.4, -0.2) is 39.3 Å². The molecule has 0 saturated carbocycles. The number of benzene rings is 3. The Morgan fingerprint density at radius 1 is 0.732 bits per heavy atom. The van der Waals surface area contributed by atoms with Gasteiger partial charge in [-0.15, -0.1) is 0 Å². The van der Waals surface area contributed by atoms with Gasteiger partial charge in [-0.3, -0.25) is 9.10 Å². The lowest BCUT2D eigenvalue weighted by Gasteiger charge is -2.26. The summed E-state index contributed by atoms with van der Waals surface area (Å²) in [6, 6.07) is 18.9. The van der Waals surface area contributed by atoms with Gasteiger partial charge in [-0.2, -0.15) is 0 Å². The Bertz CT molecular complexity index is 1790. The Hall–Kier alpha value is -4.29. The van der Waals surface area contributed by atoms with E-state index in [9.17, 15) is 21.6 Å². The third-order valence-electron chi connectivity index (χ3n) is 6.17.